The Hall–Kier alpha value is -1.87. The summed E-state index contributed by atoms with van der Waals surface area (Å²) in [7, 11) is 2.73. The third-order valence-electron chi connectivity index (χ3n) is 4.48. The fourth-order valence-electron chi connectivity index (χ4n) is 2.80. The Kier molecular flexibility index (Phi) is 10.2. The number of carbonyl (C=O) groups excluding carboxylic acids is 3. The second kappa shape index (κ2) is 11.9. The number of piperazine rings is 1. The topological polar surface area (TPSA) is 88.6 Å². The van der Waals surface area contributed by atoms with Crippen LogP contribution in [0.15, 0.2) is 0 Å². The summed E-state index contributed by atoms with van der Waals surface area (Å²) in [5.74, 6) is -0.547. The Morgan fingerprint density at radius 3 is 1.82 bits per heavy atom. The lowest BCUT2D eigenvalue weighted by molar-refractivity contribution is -0.141. The molecule has 1 heterocycles. The van der Waals surface area contributed by atoms with Crippen LogP contribution < -0.4 is 0 Å². The maximum absolute atomic E-state index is 12.4. The molecule has 0 aromatic carbocycles. The van der Waals surface area contributed by atoms with Crippen molar-refractivity contribution in [3.8, 4) is 0 Å². The van der Waals surface area contributed by atoms with Gasteiger partial charge in [0, 0.05) is 52.4 Å². The minimum absolute atomic E-state index is 0.136. The van der Waals surface area contributed by atoms with Crippen molar-refractivity contribution in [1.29, 1.82) is 0 Å². The highest BCUT2D eigenvalue weighted by atomic mass is 16.6. The number of amides is 1. The van der Waals surface area contributed by atoms with Crippen molar-refractivity contribution in [1.82, 2.24) is 14.7 Å². The van der Waals surface area contributed by atoms with E-state index >= 15 is 0 Å². The van der Waals surface area contributed by atoms with Crippen molar-refractivity contribution < 1.29 is 28.6 Å². The molecule has 0 N–H and O–H groups in total. The van der Waals surface area contributed by atoms with Crippen molar-refractivity contribution in [3.05, 3.63) is 0 Å². The zero-order valence-electron chi connectivity index (χ0n) is 17.9. The van der Waals surface area contributed by atoms with Crippen molar-refractivity contribution in [2.24, 2.45) is 0 Å². The standard InChI is InChI=1S/C19H35N3O6/c1-19(2,3)28-18(25)22(9-7-17(24)27-5)15-14-21-12-10-20(11-13-21)8-6-16(23)26-4/h6-15H2,1-5H3. The van der Waals surface area contributed by atoms with Gasteiger partial charge in [0.1, 0.15) is 5.60 Å². The monoisotopic (exact) mass is 401 g/mol. The van der Waals surface area contributed by atoms with Crippen molar-refractivity contribution in [2.75, 3.05) is 66.6 Å². The van der Waals surface area contributed by atoms with Gasteiger partial charge in [0.2, 0.25) is 0 Å². The molecule has 0 aliphatic carbocycles. The van der Waals surface area contributed by atoms with E-state index in [1.807, 2.05) is 20.8 Å². The van der Waals surface area contributed by atoms with Gasteiger partial charge in [-0.2, -0.15) is 0 Å². The molecule has 0 atom stereocenters. The quantitative estimate of drug-likeness (QED) is 0.417. The summed E-state index contributed by atoms with van der Waals surface area (Å²) in [5.41, 5.74) is -0.591. The van der Waals surface area contributed by atoms with Crippen LogP contribution in [0, 0.1) is 0 Å². The molecule has 0 aromatic heterocycles. The van der Waals surface area contributed by atoms with Gasteiger partial charge in [0.15, 0.2) is 0 Å². The van der Waals surface area contributed by atoms with Gasteiger partial charge in [0.05, 0.1) is 27.1 Å². The number of hydrogen-bond donors (Lipinski definition) is 0. The first-order valence-electron chi connectivity index (χ1n) is 9.71. The van der Waals surface area contributed by atoms with Crippen LogP contribution in [0.5, 0.6) is 0 Å². The first kappa shape index (κ1) is 24.2. The molecule has 0 unspecified atom stereocenters. The first-order valence-corrected chi connectivity index (χ1v) is 9.71. The van der Waals surface area contributed by atoms with Gasteiger partial charge in [-0.25, -0.2) is 4.79 Å². The van der Waals surface area contributed by atoms with Gasteiger partial charge < -0.3 is 24.0 Å². The average molecular weight is 402 g/mol. The van der Waals surface area contributed by atoms with Crippen molar-refractivity contribution >= 4 is 18.0 Å². The number of carbonyl (C=O) groups is 3. The summed E-state index contributed by atoms with van der Waals surface area (Å²) in [6, 6.07) is 0. The number of hydrogen-bond acceptors (Lipinski definition) is 8. The fourth-order valence-corrected chi connectivity index (χ4v) is 2.80. The van der Waals surface area contributed by atoms with Gasteiger partial charge in [-0.1, -0.05) is 0 Å². The predicted octanol–water partition coefficient (Wildman–Crippen LogP) is 0.967. The molecule has 162 valence electrons. The summed E-state index contributed by atoms with van der Waals surface area (Å²) in [5, 5.41) is 0. The third kappa shape index (κ3) is 9.89. The van der Waals surface area contributed by atoms with Gasteiger partial charge in [-0.3, -0.25) is 14.5 Å². The zero-order valence-corrected chi connectivity index (χ0v) is 17.9. The summed E-state index contributed by atoms with van der Waals surface area (Å²) in [4.78, 5) is 41.2. The molecular weight excluding hydrogens is 366 g/mol. The number of nitrogens with zero attached hydrogens (tertiary/aromatic N) is 3. The van der Waals surface area contributed by atoms with Crippen LogP contribution in [0.1, 0.15) is 33.6 Å². The largest absolute Gasteiger partial charge is 0.469 e. The van der Waals surface area contributed by atoms with E-state index in [4.69, 9.17) is 4.74 Å². The molecule has 1 aliphatic heterocycles. The van der Waals surface area contributed by atoms with Crippen LogP contribution >= 0.6 is 0 Å². The van der Waals surface area contributed by atoms with Gasteiger partial charge in [-0.15, -0.1) is 0 Å². The normalized spacial score (nSPS) is 15.8. The van der Waals surface area contributed by atoms with Gasteiger partial charge >= 0.3 is 18.0 Å². The molecule has 0 saturated carbocycles. The van der Waals surface area contributed by atoms with E-state index in [2.05, 4.69) is 19.3 Å². The minimum Gasteiger partial charge on any atom is -0.469 e. The highest BCUT2D eigenvalue weighted by Crippen LogP contribution is 2.11. The Balaban J connectivity index is 2.45. The van der Waals surface area contributed by atoms with Crippen LogP contribution in [0.4, 0.5) is 4.79 Å². The minimum atomic E-state index is -0.591. The Morgan fingerprint density at radius 1 is 0.821 bits per heavy atom. The predicted molar refractivity (Wildman–Crippen MR) is 104 cm³/mol. The lowest BCUT2D eigenvalue weighted by atomic mass is 10.2. The molecule has 1 saturated heterocycles. The molecule has 0 aromatic rings. The third-order valence-corrected chi connectivity index (χ3v) is 4.48. The fraction of sp³-hybridized carbons (Fsp3) is 0.842. The lowest BCUT2D eigenvalue weighted by Crippen LogP contribution is -2.49. The van der Waals surface area contributed by atoms with Crippen LogP contribution in [-0.4, -0.2) is 105 Å². The molecule has 1 fully saturated rings. The van der Waals surface area contributed by atoms with Crippen LogP contribution in [0.2, 0.25) is 0 Å². The molecule has 1 aliphatic rings. The van der Waals surface area contributed by atoms with E-state index in [9.17, 15) is 14.4 Å². The molecule has 1 rings (SSSR count). The number of ether oxygens (including phenoxy) is 3. The number of esters is 2. The Morgan fingerprint density at radius 2 is 1.32 bits per heavy atom. The van der Waals surface area contributed by atoms with E-state index in [-0.39, 0.29) is 24.9 Å². The molecule has 9 heteroatoms. The van der Waals surface area contributed by atoms with Crippen molar-refractivity contribution in [3.63, 3.8) is 0 Å². The van der Waals surface area contributed by atoms with E-state index in [0.29, 0.717) is 26.1 Å². The van der Waals surface area contributed by atoms with Crippen LogP contribution in [0.3, 0.4) is 0 Å². The summed E-state index contributed by atoms with van der Waals surface area (Å²) >= 11 is 0. The van der Waals surface area contributed by atoms with E-state index in [0.717, 1.165) is 26.2 Å². The van der Waals surface area contributed by atoms with Crippen LogP contribution in [-0.2, 0) is 23.8 Å². The highest BCUT2D eigenvalue weighted by molar-refractivity contribution is 5.72. The molecule has 28 heavy (non-hydrogen) atoms. The zero-order chi connectivity index (χ0) is 21.2. The molecule has 9 nitrogen and oxygen atoms in total. The maximum Gasteiger partial charge on any atom is 0.410 e. The number of methoxy groups -OCH3 is 2. The molecule has 0 spiro atoms. The summed E-state index contributed by atoms with van der Waals surface area (Å²) in [6.45, 7) is 11.0. The number of rotatable bonds is 9. The van der Waals surface area contributed by atoms with E-state index in [1.165, 1.54) is 14.2 Å². The molecule has 0 radical (unpaired) electrons. The molecule has 1 amide bonds. The van der Waals surface area contributed by atoms with E-state index in [1.54, 1.807) is 4.90 Å². The van der Waals surface area contributed by atoms with Crippen molar-refractivity contribution in [2.45, 2.75) is 39.2 Å². The maximum atomic E-state index is 12.4. The SMILES string of the molecule is COC(=O)CCN1CCN(CCN(CCC(=O)OC)C(=O)OC(C)(C)C)CC1. The summed E-state index contributed by atoms with van der Waals surface area (Å²) < 4.78 is 14.8. The van der Waals surface area contributed by atoms with Gasteiger partial charge in [-0.05, 0) is 20.8 Å². The second-order valence-electron chi connectivity index (χ2n) is 7.80. The molecule has 0 bridgehead atoms. The van der Waals surface area contributed by atoms with E-state index < -0.39 is 11.7 Å². The smallest absolute Gasteiger partial charge is 0.410 e. The first-order chi connectivity index (χ1) is 13.1. The van der Waals surface area contributed by atoms with Crippen LogP contribution in [0.25, 0.3) is 0 Å². The Bertz CT molecular complexity index is 512. The summed E-state index contributed by atoms with van der Waals surface area (Å²) in [6.07, 6.45) is 0.112. The lowest BCUT2D eigenvalue weighted by Gasteiger charge is -2.35. The van der Waals surface area contributed by atoms with Gasteiger partial charge in [0.25, 0.3) is 0 Å². The Labute approximate surface area is 167 Å². The second-order valence-corrected chi connectivity index (χ2v) is 7.80. The highest BCUT2D eigenvalue weighted by Gasteiger charge is 2.24. The molecular formula is C19H35N3O6. The average Bonchev–Trinajstić information content (AvgIpc) is 2.65.